The number of nitrogens with one attached hydrogen (secondary N) is 1. The van der Waals surface area contributed by atoms with Gasteiger partial charge < -0.3 is 24.6 Å². The number of carbonyl (C=O) groups is 2. The van der Waals surface area contributed by atoms with E-state index in [0.717, 1.165) is 25.7 Å². The van der Waals surface area contributed by atoms with Gasteiger partial charge in [0.05, 0.1) is 13.2 Å². The molecule has 9 heteroatoms. The Morgan fingerprint density at radius 2 is 1.94 bits per heavy atom. The smallest absolute Gasteiger partial charge is 0.276 e. The van der Waals surface area contributed by atoms with Crippen LogP contribution in [-0.2, 0) is 17.8 Å². The second kappa shape index (κ2) is 8.05. The number of amides is 2. The first-order chi connectivity index (χ1) is 15.4. The van der Waals surface area contributed by atoms with Gasteiger partial charge in [0.2, 0.25) is 5.43 Å². The van der Waals surface area contributed by atoms with Crippen molar-refractivity contribution in [3.63, 3.8) is 0 Å². The molecule has 8 nitrogen and oxygen atoms in total. The highest BCUT2D eigenvalue weighted by atomic mass is 19.1. The molecule has 3 heterocycles. The number of hydrogen-bond donors (Lipinski definition) is 2. The summed E-state index contributed by atoms with van der Waals surface area (Å²) in [6.45, 7) is 0.893. The monoisotopic (exact) mass is 441 g/mol. The molecule has 2 fully saturated rings. The summed E-state index contributed by atoms with van der Waals surface area (Å²) < 4.78 is 20.4. The molecule has 1 aromatic heterocycles. The number of aromatic hydroxyl groups is 1. The summed E-state index contributed by atoms with van der Waals surface area (Å²) in [7, 11) is 0. The molecule has 1 saturated heterocycles. The maximum atomic E-state index is 13.3. The molecule has 0 radical (unpaired) electrons. The van der Waals surface area contributed by atoms with Crippen molar-refractivity contribution >= 4 is 11.8 Å². The molecule has 2 aliphatic heterocycles. The molecule has 1 unspecified atom stereocenters. The van der Waals surface area contributed by atoms with Crippen LogP contribution in [0.3, 0.4) is 0 Å². The standard InChI is InChI=1S/C23H24FN3O5/c24-15-7-5-13(6-8-15)9-25-22(30)16-10-26-11-18-27(23(31)19(26)21(29)20(16)28)17-4-2-1-3-14(17)12-32-18/h5-8,10,14,17-18,29H,1-4,9,11-12H2,(H,25,30)/t14?,17-,18+/m0/s1. The molecule has 0 spiro atoms. The first kappa shape index (κ1) is 20.7. The van der Waals surface area contributed by atoms with Crippen LogP contribution in [0.5, 0.6) is 5.75 Å². The van der Waals surface area contributed by atoms with E-state index < -0.39 is 29.2 Å². The number of carbonyl (C=O) groups excluding carboxylic acids is 2. The number of aromatic nitrogens is 1. The Morgan fingerprint density at radius 1 is 1.19 bits per heavy atom. The largest absolute Gasteiger partial charge is 0.503 e. The van der Waals surface area contributed by atoms with E-state index >= 15 is 0 Å². The van der Waals surface area contributed by atoms with Crippen LogP contribution < -0.4 is 10.7 Å². The van der Waals surface area contributed by atoms with Crippen molar-refractivity contribution in [3.8, 4) is 5.75 Å². The fourth-order valence-corrected chi connectivity index (χ4v) is 5.05. The van der Waals surface area contributed by atoms with Crippen LogP contribution in [0, 0.1) is 11.7 Å². The summed E-state index contributed by atoms with van der Waals surface area (Å²) in [5.74, 6) is -1.97. The fraction of sp³-hybridized carbons (Fsp3) is 0.435. The van der Waals surface area contributed by atoms with E-state index in [-0.39, 0.29) is 42.1 Å². The van der Waals surface area contributed by atoms with Gasteiger partial charge in [-0.3, -0.25) is 14.4 Å². The van der Waals surface area contributed by atoms with Crippen LogP contribution in [-0.4, -0.2) is 45.3 Å². The van der Waals surface area contributed by atoms with Gasteiger partial charge >= 0.3 is 0 Å². The van der Waals surface area contributed by atoms with Crippen molar-refractivity contribution < 1.29 is 23.8 Å². The summed E-state index contributed by atoms with van der Waals surface area (Å²) in [5, 5.41) is 13.2. The minimum Gasteiger partial charge on any atom is -0.503 e. The molecule has 0 bridgehead atoms. The molecule has 2 aromatic rings. The molecule has 2 amide bonds. The summed E-state index contributed by atoms with van der Waals surface area (Å²) >= 11 is 0. The second-order valence-electron chi connectivity index (χ2n) is 8.64. The lowest BCUT2D eigenvalue weighted by atomic mass is 9.82. The molecule has 168 valence electrons. The number of halogens is 1. The van der Waals surface area contributed by atoms with Crippen LogP contribution in [0.1, 0.15) is 52.1 Å². The van der Waals surface area contributed by atoms with Crippen molar-refractivity contribution in [1.82, 2.24) is 14.8 Å². The van der Waals surface area contributed by atoms with Crippen molar-refractivity contribution in [1.29, 1.82) is 0 Å². The number of hydrogen-bond acceptors (Lipinski definition) is 5. The average Bonchev–Trinajstić information content (AvgIpc) is 2.80. The van der Waals surface area contributed by atoms with Crippen molar-refractivity contribution in [2.75, 3.05) is 6.61 Å². The third kappa shape index (κ3) is 3.46. The molecule has 2 N–H and O–H groups in total. The lowest BCUT2D eigenvalue weighted by Gasteiger charge is -2.50. The number of pyridine rings is 1. The normalized spacial score (nSPS) is 24.3. The Morgan fingerprint density at radius 3 is 2.72 bits per heavy atom. The van der Waals surface area contributed by atoms with Gasteiger partial charge in [-0.15, -0.1) is 0 Å². The molecule has 3 aliphatic rings. The van der Waals surface area contributed by atoms with Crippen LogP contribution in [0.15, 0.2) is 35.3 Å². The number of rotatable bonds is 3. The van der Waals surface area contributed by atoms with Crippen LogP contribution in [0.25, 0.3) is 0 Å². The van der Waals surface area contributed by atoms with E-state index in [9.17, 15) is 23.9 Å². The van der Waals surface area contributed by atoms with Crippen LogP contribution >= 0.6 is 0 Å². The number of benzene rings is 1. The minimum atomic E-state index is -0.891. The predicted molar refractivity (Wildman–Crippen MR) is 112 cm³/mol. The summed E-state index contributed by atoms with van der Waals surface area (Å²) in [4.78, 5) is 40.4. The molecular formula is C23H24FN3O5. The Labute approximate surface area is 183 Å². The van der Waals surface area contributed by atoms with Crippen molar-refractivity contribution in [3.05, 3.63) is 63.3 Å². The van der Waals surface area contributed by atoms with Gasteiger partial charge in [0.1, 0.15) is 11.4 Å². The second-order valence-corrected chi connectivity index (χ2v) is 8.64. The zero-order valence-electron chi connectivity index (χ0n) is 17.4. The third-order valence-corrected chi connectivity index (χ3v) is 6.70. The van der Waals surface area contributed by atoms with Gasteiger partial charge in [0.25, 0.3) is 11.8 Å². The SMILES string of the molecule is O=C(NCc1ccc(F)cc1)c1cn2c(c(O)c1=O)C(=O)N1[C@@H](C2)OCC2CCCC[C@@H]21. The highest BCUT2D eigenvalue weighted by Gasteiger charge is 2.46. The summed E-state index contributed by atoms with van der Waals surface area (Å²) in [6, 6.07) is 5.65. The predicted octanol–water partition coefficient (Wildman–Crippen LogP) is 1.99. The maximum absolute atomic E-state index is 13.3. The van der Waals surface area contributed by atoms with Gasteiger partial charge in [0, 0.05) is 24.7 Å². The fourth-order valence-electron chi connectivity index (χ4n) is 5.05. The van der Waals surface area contributed by atoms with Gasteiger partial charge in [-0.2, -0.15) is 0 Å². The summed E-state index contributed by atoms with van der Waals surface area (Å²) in [6.07, 6.45) is 4.83. The number of fused-ring (bicyclic) bond motifs is 4. The van der Waals surface area contributed by atoms with E-state index in [0.29, 0.717) is 12.2 Å². The molecule has 32 heavy (non-hydrogen) atoms. The van der Waals surface area contributed by atoms with Gasteiger partial charge in [-0.25, -0.2) is 4.39 Å². The van der Waals surface area contributed by atoms with E-state index in [2.05, 4.69) is 5.32 Å². The first-order valence-corrected chi connectivity index (χ1v) is 10.9. The lowest BCUT2D eigenvalue weighted by molar-refractivity contribution is -0.149. The highest BCUT2D eigenvalue weighted by molar-refractivity contribution is 5.99. The highest BCUT2D eigenvalue weighted by Crippen LogP contribution is 2.38. The molecule has 1 aromatic carbocycles. The van der Waals surface area contributed by atoms with Crippen LogP contribution in [0.4, 0.5) is 4.39 Å². The molecule has 3 atom stereocenters. The topological polar surface area (TPSA) is 101 Å². The Balaban J connectivity index is 1.42. The molecular weight excluding hydrogens is 417 g/mol. The average molecular weight is 441 g/mol. The third-order valence-electron chi connectivity index (χ3n) is 6.70. The lowest BCUT2D eigenvalue weighted by Crippen LogP contribution is -2.61. The van der Waals surface area contributed by atoms with E-state index in [1.54, 1.807) is 4.90 Å². The van der Waals surface area contributed by atoms with Crippen molar-refractivity contribution in [2.24, 2.45) is 5.92 Å². The Kier molecular flexibility index (Phi) is 5.21. The molecule has 5 rings (SSSR count). The van der Waals surface area contributed by atoms with Crippen molar-refractivity contribution in [2.45, 2.75) is 51.0 Å². The van der Waals surface area contributed by atoms with E-state index in [1.807, 2.05) is 0 Å². The van der Waals surface area contributed by atoms with E-state index in [4.69, 9.17) is 4.74 Å². The zero-order chi connectivity index (χ0) is 22.4. The molecule has 1 saturated carbocycles. The number of ether oxygens (including phenoxy) is 1. The van der Waals surface area contributed by atoms with Gasteiger partial charge in [-0.05, 0) is 30.5 Å². The van der Waals surface area contributed by atoms with Gasteiger partial charge in [0.15, 0.2) is 17.7 Å². The van der Waals surface area contributed by atoms with Crippen LogP contribution in [0.2, 0.25) is 0 Å². The molecule has 1 aliphatic carbocycles. The summed E-state index contributed by atoms with van der Waals surface area (Å²) in [5.41, 5.74) is -0.597. The Bertz CT molecular complexity index is 1130. The maximum Gasteiger partial charge on any atom is 0.276 e. The zero-order valence-corrected chi connectivity index (χ0v) is 17.4. The minimum absolute atomic E-state index is 0.0388. The van der Waals surface area contributed by atoms with Gasteiger partial charge in [-0.1, -0.05) is 25.0 Å². The number of nitrogens with zero attached hydrogens (tertiary/aromatic N) is 2. The van der Waals surface area contributed by atoms with E-state index in [1.165, 1.54) is 35.0 Å². The Hall–Kier alpha value is -3.20. The first-order valence-electron chi connectivity index (χ1n) is 10.9. The quantitative estimate of drug-likeness (QED) is 0.759.